The Morgan fingerprint density at radius 2 is 0.798 bits per heavy atom. The third-order valence-corrected chi connectivity index (χ3v) is 25.2. The zero-order chi connectivity index (χ0) is 88.2. The van der Waals surface area contributed by atoms with Gasteiger partial charge in [0.15, 0.2) is 35.4 Å². The number of fused-ring (bicyclic) bond motifs is 2. The summed E-state index contributed by atoms with van der Waals surface area (Å²) in [5, 5.41) is 35.2. The number of aromatic nitrogens is 14. The Hall–Kier alpha value is -9.92. The van der Waals surface area contributed by atoms with E-state index in [2.05, 4.69) is 44.9 Å². The molecule has 14 N–H and O–H groups in total. The molecule has 21 atom stereocenters. The number of nitrogens with zero attached hydrogens (tertiary/aromatic N) is 11. The zero-order valence-corrected chi connectivity index (χ0v) is 69.2. The Bertz CT molecular complexity index is 6130. The topological polar surface area (TPSA) is 661 Å². The van der Waals surface area contributed by atoms with Gasteiger partial charge < -0.3 is 84.3 Å². The molecule has 5 saturated heterocycles. The van der Waals surface area contributed by atoms with Crippen LogP contribution in [0.15, 0.2) is 152 Å². The maximum Gasteiger partial charge on any atom is 0.472 e. The molecule has 5 fully saturated rings. The van der Waals surface area contributed by atoms with Crippen LogP contribution in [0.4, 0.5) is 11.6 Å². The Morgan fingerprint density at radius 1 is 0.444 bits per heavy atom. The summed E-state index contributed by atoms with van der Waals surface area (Å²) in [5.41, 5.74) is 7.21. The van der Waals surface area contributed by atoms with Crippen LogP contribution in [0.25, 0.3) is 22.3 Å². The van der Waals surface area contributed by atoms with Crippen molar-refractivity contribution in [1.82, 2.24) is 67.7 Å². The maximum absolute atomic E-state index is 14.8. The van der Waals surface area contributed by atoms with Gasteiger partial charge in [-0.1, -0.05) is 54.6 Å². The molecular weight excluding hydrogens is 1730 g/mol. The summed E-state index contributed by atoms with van der Waals surface area (Å²) in [6.07, 6.45) is -23.0. The van der Waals surface area contributed by atoms with E-state index in [0.29, 0.717) is 28.2 Å². The van der Waals surface area contributed by atoms with E-state index in [1.54, 1.807) is 66.7 Å². The summed E-state index contributed by atoms with van der Waals surface area (Å²) in [5.74, 6) is 0.742. The molecule has 0 saturated carbocycles. The van der Waals surface area contributed by atoms with Crippen molar-refractivity contribution in [3.8, 4) is 11.5 Å². The minimum absolute atomic E-state index is 0.00428. The van der Waals surface area contributed by atoms with Crippen molar-refractivity contribution in [3.63, 3.8) is 0 Å². The first kappa shape index (κ1) is 88.9. The lowest BCUT2D eigenvalue weighted by atomic mass is 9.80. The molecule has 4 unspecified atom stereocenters. The monoisotopic (exact) mass is 1810 g/mol. The lowest BCUT2D eigenvalue weighted by Gasteiger charge is -2.37. The summed E-state index contributed by atoms with van der Waals surface area (Å²) in [6, 6.07) is 23.0. The van der Waals surface area contributed by atoms with Gasteiger partial charge in [-0.2, -0.15) is 0 Å². The highest BCUT2D eigenvalue weighted by atomic mass is 31.2. The highest BCUT2D eigenvalue weighted by molar-refractivity contribution is 7.48. The number of nitrogens with one attached hydrogen (secondary N) is 3. The molecule has 49 nitrogen and oxygen atoms in total. The quantitative estimate of drug-likeness (QED) is 0.0203. The molecule has 12 heterocycles. The van der Waals surface area contributed by atoms with Gasteiger partial charge >= 0.3 is 48.4 Å². The van der Waals surface area contributed by atoms with Gasteiger partial charge in [0.1, 0.15) is 127 Å². The average Bonchev–Trinajstić information content (AvgIpc) is 1.54. The Labute approximate surface area is 696 Å². The summed E-state index contributed by atoms with van der Waals surface area (Å²) in [4.78, 5) is 155. The number of aromatic amines is 3. The number of methoxy groups -OCH3 is 2. The van der Waals surface area contributed by atoms with Gasteiger partial charge in [0.2, 0.25) is 0 Å². The number of benzene rings is 3. The molecule has 0 aliphatic carbocycles. The van der Waals surface area contributed by atoms with Crippen LogP contribution in [0.3, 0.4) is 0 Å². The van der Waals surface area contributed by atoms with Crippen molar-refractivity contribution in [2.75, 3.05) is 58.7 Å². The fourth-order valence-corrected chi connectivity index (χ4v) is 18.8. The lowest BCUT2D eigenvalue weighted by molar-refractivity contribution is -0.0952. The van der Waals surface area contributed by atoms with Crippen molar-refractivity contribution >= 4 is 65.3 Å². The van der Waals surface area contributed by atoms with Crippen molar-refractivity contribution in [2.45, 2.75) is 150 Å². The minimum atomic E-state index is -5.81. The van der Waals surface area contributed by atoms with Gasteiger partial charge in [0, 0.05) is 54.5 Å². The number of anilines is 2. The molecule has 0 bridgehead atoms. The fourth-order valence-electron chi connectivity index (χ4n) is 15.0. The number of rotatable bonds is 33. The number of imidazole rings is 2. The number of hydrogen-bond acceptors (Lipinski definition) is 37. The molecule has 0 spiro atoms. The van der Waals surface area contributed by atoms with E-state index in [9.17, 15) is 81.9 Å². The van der Waals surface area contributed by atoms with E-state index in [4.69, 9.17) is 85.6 Å². The third-order valence-electron chi connectivity index (χ3n) is 21.2. The van der Waals surface area contributed by atoms with Crippen LogP contribution in [0.2, 0.25) is 0 Å². The van der Waals surface area contributed by atoms with Crippen LogP contribution in [-0.2, 0) is 88.5 Å². The fraction of sp³-hybridized carbons (Fsp3) is 0.437. The van der Waals surface area contributed by atoms with Gasteiger partial charge in [-0.15, -0.1) is 0 Å². The summed E-state index contributed by atoms with van der Waals surface area (Å²) in [7, 11) is -19.6. The first-order valence-electron chi connectivity index (χ1n) is 37.7. The zero-order valence-electron chi connectivity index (χ0n) is 65.6. The van der Waals surface area contributed by atoms with Gasteiger partial charge in [0.25, 0.3) is 16.7 Å². The first-order valence-corrected chi connectivity index (χ1v) is 43.7. The number of ether oxygens (including phenoxy) is 8. The molecule has 0 amide bonds. The van der Waals surface area contributed by atoms with Gasteiger partial charge in [-0.3, -0.25) is 88.4 Å². The van der Waals surface area contributed by atoms with Crippen LogP contribution in [0, 0.1) is 20.8 Å². The number of aliphatic hydroxyl groups excluding tert-OH is 3. The summed E-state index contributed by atoms with van der Waals surface area (Å²) >= 11 is 0. The van der Waals surface area contributed by atoms with E-state index in [1.165, 1.54) is 47.4 Å². The van der Waals surface area contributed by atoms with Crippen LogP contribution in [0.1, 0.15) is 83.8 Å². The lowest BCUT2D eigenvalue weighted by Crippen LogP contribution is -2.38. The predicted octanol–water partition coefficient (Wildman–Crippen LogP) is 1.18. The van der Waals surface area contributed by atoms with E-state index in [-0.39, 0.29) is 57.1 Å². The van der Waals surface area contributed by atoms with Crippen molar-refractivity contribution < 1.29 is 127 Å². The van der Waals surface area contributed by atoms with E-state index < -0.39 is 221 Å². The summed E-state index contributed by atoms with van der Waals surface area (Å²) < 4.78 is 156. The molecule has 53 heteroatoms. The molecule has 3 aromatic carbocycles. The van der Waals surface area contributed by atoms with Gasteiger partial charge in [-0.25, -0.2) is 62.5 Å². The molecule has 15 rings (SSSR count). The van der Waals surface area contributed by atoms with E-state index >= 15 is 0 Å². The Balaban J connectivity index is 0.673. The van der Waals surface area contributed by atoms with E-state index in [1.807, 2.05) is 12.1 Å². The second-order valence-corrected chi connectivity index (χ2v) is 34.8. The second kappa shape index (κ2) is 35.8. The SMILES string of the molecule is COc1ccc(C(OC[C@H]2O[C@@H](n3cc(C)c(=O)[nH]c3=O)C[C@@H]2OP(=O)(O)OC[C@H]2O[C@@H](n3cnc4c(N)ncnc43)[C@H](O)[C@@H]2OP(=O)(O)OC[C@H]2O[C@@H](n3cc(C)c(=O)[nH]c3=O)C[C@@H]2OP(=O)(O)OC[C@H]2O[C@@H](n3cnc4c(N)ncnc43)[C@H](O)[C@@H]2OP(=O)(O)OC[C@H]2O[C@@H](n3cc(C)c(=O)[nH]c3=O)C[C@@H]2O)(c2ccccc2)c2ccc(OC)cc2)cc1. The number of hydrogen-bond donors (Lipinski definition) is 12. The largest absolute Gasteiger partial charge is 0.497 e. The second-order valence-electron chi connectivity index (χ2n) is 29.2. The molecule has 10 aromatic rings. The number of phosphoric acid groups is 4. The molecule has 0 radical (unpaired) electrons. The molecule has 124 heavy (non-hydrogen) atoms. The van der Waals surface area contributed by atoms with Crippen molar-refractivity contribution in [1.29, 1.82) is 0 Å². The van der Waals surface area contributed by atoms with Crippen molar-refractivity contribution in [3.05, 3.63) is 219 Å². The third kappa shape index (κ3) is 18.7. The smallest absolute Gasteiger partial charge is 0.472 e. The first-order chi connectivity index (χ1) is 59.0. The van der Waals surface area contributed by atoms with Crippen LogP contribution >= 0.6 is 31.3 Å². The predicted molar refractivity (Wildman–Crippen MR) is 420 cm³/mol. The van der Waals surface area contributed by atoms with Gasteiger partial charge in [0.05, 0.1) is 66.0 Å². The number of H-pyrrole nitrogens is 3. The normalized spacial score (nSPS) is 27.3. The number of nitrogen functional groups attached to an aromatic ring is 2. The molecule has 5 aliphatic rings. The Morgan fingerprint density at radius 3 is 1.20 bits per heavy atom. The number of aliphatic hydroxyl groups is 3. The number of aryl methyl sites for hydroxylation is 3. The number of phosphoric ester groups is 4. The van der Waals surface area contributed by atoms with Crippen LogP contribution in [0.5, 0.6) is 11.5 Å². The Kier molecular flexibility index (Phi) is 25.7. The number of nitrogens with two attached hydrogens (primary N) is 2. The highest BCUT2D eigenvalue weighted by Gasteiger charge is 2.55. The maximum atomic E-state index is 14.8. The molecular formula is C71H82N16O33P4. The highest BCUT2D eigenvalue weighted by Crippen LogP contribution is 2.56. The van der Waals surface area contributed by atoms with Gasteiger partial charge in [-0.05, 0) is 61.7 Å². The van der Waals surface area contributed by atoms with Crippen molar-refractivity contribution in [2.24, 2.45) is 0 Å². The van der Waals surface area contributed by atoms with Crippen LogP contribution < -0.4 is 54.7 Å². The van der Waals surface area contributed by atoms with E-state index in [0.717, 1.165) is 54.3 Å². The standard InChI is InChI=1S/C71H82N16O33P4/c1-34-22-83(68(94)80-63(34)91)50-19-42(88)45(112-50)26-108-123(101,102)119-57-48(115-66(55(57)89)86-32-78-53-59(72)74-30-76-61(53)86)29-111-122(99,100)118-44-21-52(85-24-36(3)65(93)82-70(85)96)114-47(44)27-109-124(103,104)120-58-49(116-67(56(58)90)87-33-79-54-60(73)75-31-77-62(54)87)28-110-121(97,98)117-43-20-51(84-23-35(2)64(92)81-69(84)95)113-46(43)25-107-71(37-9-7-6-8-10-37,38-11-15-40(105-4)16-12-38)39-13-17-41(106-5)18-14-39/h6-18,22-24,30-33,42-52,55-58,66-67,88-90H,19-21,25-29H2,1-5H3,(H,97,98)(H,99,100)(H,101,102)(H,103,104)(H2,72,74,76)(H2,73,75,77)(H,80,91,94)(H,81,92,95)(H,82,93,96)/t42-,43-,44-,45+,46+,47+,48+,49+,50+,51+,52+,55+,56+,57+,58+,66+,67+/m0/s1. The molecule has 664 valence electrons. The molecule has 5 aliphatic heterocycles. The average molecular weight is 1810 g/mol. The summed E-state index contributed by atoms with van der Waals surface area (Å²) in [6.45, 7) is -0.808. The minimum Gasteiger partial charge on any atom is -0.497 e. The van der Waals surface area contributed by atoms with Crippen LogP contribution in [-0.4, -0.2) is 223 Å². The molecule has 7 aromatic heterocycles.